The summed E-state index contributed by atoms with van der Waals surface area (Å²) in [4.78, 5) is 0. The van der Waals surface area contributed by atoms with Crippen LogP contribution in [0.4, 0.5) is 11.4 Å². The highest BCUT2D eigenvalue weighted by molar-refractivity contribution is 5.70. The van der Waals surface area contributed by atoms with Crippen molar-refractivity contribution in [1.82, 2.24) is 0 Å². The molecule has 0 spiro atoms. The average molecular weight is 508 g/mol. The molecule has 0 saturated heterocycles. The molecule has 3 nitrogen and oxygen atoms in total. The molecule has 0 aliphatic heterocycles. The zero-order chi connectivity index (χ0) is 27.8. The van der Waals surface area contributed by atoms with Crippen LogP contribution in [0.25, 0.3) is 0 Å². The summed E-state index contributed by atoms with van der Waals surface area (Å²) in [6.45, 7) is 16.8. The minimum atomic E-state index is -0.0684. The van der Waals surface area contributed by atoms with Crippen LogP contribution in [0.1, 0.15) is 76.4 Å². The van der Waals surface area contributed by atoms with Crippen molar-refractivity contribution in [3.05, 3.63) is 116 Å². The van der Waals surface area contributed by atoms with Crippen molar-refractivity contribution in [2.45, 2.75) is 73.6 Å². The van der Waals surface area contributed by atoms with E-state index in [1.54, 1.807) is 0 Å². The molecule has 0 bridgehead atoms. The number of aryl methyl sites for hydroxylation is 5. The van der Waals surface area contributed by atoms with E-state index in [1.165, 1.54) is 11.1 Å². The number of anilines is 2. The molecule has 0 amide bonds. The van der Waals surface area contributed by atoms with Crippen molar-refractivity contribution < 1.29 is 10.2 Å². The van der Waals surface area contributed by atoms with Crippen LogP contribution in [0.15, 0.2) is 60.7 Å². The molecule has 3 N–H and O–H groups in total. The third-order valence-corrected chi connectivity index (χ3v) is 7.30. The van der Waals surface area contributed by atoms with Gasteiger partial charge in [-0.25, -0.2) is 0 Å². The van der Waals surface area contributed by atoms with E-state index in [0.29, 0.717) is 24.3 Å². The topological polar surface area (TPSA) is 52.5 Å². The van der Waals surface area contributed by atoms with Crippen LogP contribution in [-0.2, 0) is 18.3 Å². The lowest BCUT2D eigenvalue weighted by Crippen LogP contribution is -2.14. The molecule has 0 unspecified atom stereocenters. The molecule has 0 atom stereocenters. The molecular formula is C35H41NO2. The summed E-state index contributed by atoms with van der Waals surface area (Å²) < 4.78 is 0. The summed E-state index contributed by atoms with van der Waals surface area (Å²) in [5, 5.41) is 25.7. The fourth-order valence-corrected chi connectivity index (χ4v) is 5.20. The number of hydrogen-bond acceptors (Lipinski definition) is 3. The van der Waals surface area contributed by atoms with Gasteiger partial charge in [-0.3, -0.25) is 0 Å². The van der Waals surface area contributed by atoms with E-state index in [0.717, 1.165) is 55.9 Å². The van der Waals surface area contributed by atoms with Gasteiger partial charge in [0.2, 0.25) is 0 Å². The van der Waals surface area contributed by atoms with E-state index in [9.17, 15) is 10.2 Å². The maximum absolute atomic E-state index is 11.0. The minimum absolute atomic E-state index is 0.0684. The summed E-state index contributed by atoms with van der Waals surface area (Å²) in [5.74, 6) is 0.707. The highest BCUT2D eigenvalue weighted by Crippen LogP contribution is 2.38. The van der Waals surface area contributed by atoms with Gasteiger partial charge in [-0.1, -0.05) is 86.0 Å². The second-order valence-electron chi connectivity index (χ2n) is 11.9. The Morgan fingerprint density at radius 1 is 0.579 bits per heavy atom. The second-order valence-corrected chi connectivity index (χ2v) is 11.9. The van der Waals surface area contributed by atoms with Crippen LogP contribution in [0.2, 0.25) is 0 Å². The van der Waals surface area contributed by atoms with Crippen LogP contribution in [-0.4, -0.2) is 10.2 Å². The first-order chi connectivity index (χ1) is 17.8. The number of phenols is 2. The molecule has 0 aromatic heterocycles. The molecule has 4 aromatic rings. The van der Waals surface area contributed by atoms with Crippen molar-refractivity contribution >= 4 is 11.4 Å². The fraction of sp³-hybridized carbons (Fsp3) is 0.314. The standard InChI is InChI=1S/C35H41NO2/c1-21-9-11-31(12-10-21)36-32-26(17-28-15-22(2)13-24(4)33(28)37)19-30(35(6,7)8)20-27(32)18-29-16-23(3)14-25(5)34(29)38/h9-16,19-20,36-38H,17-18H2,1-8H3. The van der Waals surface area contributed by atoms with Gasteiger partial charge >= 0.3 is 0 Å². The Morgan fingerprint density at radius 2 is 1.03 bits per heavy atom. The van der Waals surface area contributed by atoms with Gasteiger partial charge in [0.15, 0.2) is 0 Å². The predicted octanol–water partition coefficient (Wildman–Crippen LogP) is 8.86. The Kier molecular flexibility index (Phi) is 7.60. The van der Waals surface area contributed by atoms with Crippen molar-refractivity contribution in [3.8, 4) is 11.5 Å². The number of benzene rings is 4. The Labute approximate surface area is 228 Å². The van der Waals surface area contributed by atoms with Gasteiger partial charge in [-0.2, -0.15) is 0 Å². The van der Waals surface area contributed by atoms with E-state index in [4.69, 9.17) is 0 Å². The van der Waals surface area contributed by atoms with Gasteiger partial charge in [0, 0.05) is 24.2 Å². The summed E-state index contributed by atoms with van der Waals surface area (Å²) in [6, 6.07) is 21.2. The maximum atomic E-state index is 11.0. The zero-order valence-electron chi connectivity index (χ0n) is 24.1. The van der Waals surface area contributed by atoms with Gasteiger partial charge in [-0.05, 0) is 91.1 Å². The summed E-state index contributed by atoms with van der Waals surface area (Å²) in [5.41, 5.74) is 12.5. The fourth-order valence-electron chi connectivity index (χ4n) is 5.20. The Morgan fingerprint density at radius 3 is 1.45 bits per heavy atom. The van der Waals surface area contributed by atoms with Crippen molar-refractivity contribution in [3.63, 3.8) is 0 Å². The number of phenolic OH excluding ortho intramolecular Hbond substituents is 2. The molecule has 198 valence electrons. The van der Waals surface area contributed by atoms with Gasteiger partial charge in [-0.15, -0.1) is 0 Å². The molecule has 0 aliphatic rings. The molecule has 3 heteroatoms. The molecule has 0 aliphatic carbocycles. The SMILES string of the molecule is Cc1ccc(Nc2c(Cc3cc(C)cc(C)c3O)cc(C(C)(C)C)cc2Cc2cc(C)cc(C)c2O)cc1. The number of rotatable bonds is 6. The van der Waals surface area contributed by atoms with E-state index >= 15 is 0 Å². The van der Waals surface area contributed by atoms with Gasteiger partial charge in [0.1, 0.15) is 11.5 Å². The number of aromatic hydroxyl groups is 2. The molecule has 0 saturated carbocycles. The predicted molar refractivity (Wildman–Crippen MR) is 160 cm³/mol. The average Bonchev–Trinajstić information content (AvgIpc) is 2.82. The first-order valence-electron chi connectivity index (χ1n) is 13.4. The maximum Gasteiger partial charge on any atom is 0.122 e. The van der Waals surface area contributed by atoms with Crippen LogP contribution < -0.4 is 5.32 Å². The second kappa shape index (κ2) is 10.6. The Bertz CT molecular complexity index is 1390. The van der Waals surface area contributed by atoms with E-state index in [2.05, 4.69) is 95.4 Å². The molecule has 0 radical (unpaired) electrons. The van der Waals surface area contributed by atoms with Crippen LogP contribution in [0.5, 0.6) is 11.5 Å². The van der Waals surface area contributed by atoms with E-state index in [1.807, 2.05) is 26.0 Å². The van der Waals surface area contributed by atoms with Crippen LogP contribution >= 0.6 is 0 Å². The number of hydrogen-bond donors (Lipinski definition) is 3. The highest BCUT2D eigenvalue weighted by Gasteiger charge is 2.21. The molecule has 38 heavy (non-hydrogen) atoms. The van der Waals surface area contributed by atoms with Crippen molar-refractivity contribution in [2.24, 2.45) is 0 Å². The van der Waals surface area contributed by atoms with Crippen molar-refractivity contribution in [2.75, 3.05) is 5.32 Å². The zero-order valence-corrected chi connectivity index (χ0v) is 24.1. The largest absolute Gasteiger partial charge is 0.507 e. The van der Waals surface area contributed by atoms with Gasteiger partial charge in [0.25, 0.3) is 0 Å². The first kappa shape index (κ1) is 27.3. The Balaban J connectivity index is 1.95. The smallest absolute Gasteiger partial charge is 0.122 e. The first-order valence-corrected chi connectivity index (χ1v) is 13.4. The monoisotopic (exact) mass is 507 g/mol. The highest BCUT2D eigenvalue weighted by atomic mass is 16.3. The number of nitrogens with one attached hydrogen (secondary N) is 1. The normalized spacial score (nSPS) is 11.6. The third kappa shape index (κ3) is 6.05. The molecular weight excluding hydrogens is 466 g/mol. The molecule has 0 heterocycles. The van der Waals surface area contributed by atoms with Crippen molar-refractivity contribution in [1.29, 1.82) is 0 Å². The Hall–Kier alpha value is -3.72. The van der Waals surface area contributed by atoms with Crippen LogP contribution in [0, 0.1) is 34.6 Å². The summed E-state index contributed by atoms with van der Waals surface area (Å²) in [6.07, 6.45) is 1.19. The lowest BCUT2D eigenvalue weighted by molar-refractivity contribution is 0.465. The van der Waals surface area contributed by atoms with Crippen LogP contribution in [0.3, 0.4) is 0 Å². The van der Waals surface area contributed by atoms with Gasteiger partial charge in [0.05, 0.1) is 0 Å². The van der Waals surface area contributed by atoms with E-state index in [-0.39, 0.29) is 5.41 Å². The minimum Gasteiger partial charge on any atom is -0.507 e. The third-order valence-electron chi connectivity index (χ3n) is 7.30. The lowest BCUT2D eigenvalue weighted by atomic mass is 9.82. The lowest BCUT2D eigenvalue weighted by Gasteiger charge is -2.26. The van der Waals surface area contributed by atoms with Gasteiger partial charge < -0.3 is 15.5 Å². The quantitative estimate of drug-likeness (QED) is 0.244. The summed E-state index contributed by atoms with van der Waals surface area (Å²) in [7, 11) is 0. The van der Waals surface area contributed by atoms with E-state index < -0.39 is 0 Å². The molecule has 0 fully saturated rings. The molecule has 4 rings (SSSR count). The summed E-state index contributed by atoms with van der Waals surface area (Å²) >= 11 is 0. The molecule has 4 aromatic carbocycles.